The highest BCUT2D eigenvalue weighted by Gasteiger charge is 2.54. The first-order valence-corrected chi connectivity index (χ1v) is 8.25. The minimum atomic E-state index is -0.612. The molecule has 7 heteroatoms. The highest BCUT2D eigenvalue weighted by atomic mass is 35.5. The van der Waals surface area contributed by atoms with E-state index < -0.39 is 24.1 Å². The van der Waals surface area contributed by atoms with Crippen LogP contribution in [-0.2, 0) is 18.8 Å². The topological polar surface area (TPSA) is 54.0 Å². The summed E-state index contributed by atoms with van der Waals surface area (Å²) in [6.45, 7) is 7.87. The predicted octanol–water partition coefficient (Wildman–Crippen LogP) is 3.63. The summed E-state index contributed by atoms with van der Waals surface area (Å²) in [5.74, 6) is -0.213. The summed E-state index contributed by atoms with van der Waals surface area (Å²) in [6, 6.07) is 5.45. The number of carbonyl (C=O) groups is 1. The molecule has 0 radical (unpaired) electrons. The molecule has 1 fully saturated rings. The molecule has 1 aromatic carbocycles. The van der Waals surface area contributed by atoms with E-state index in [1.165, 1.54) is 7.11 Å². The number of halogens is 1. The molecular weight excluding hydrogens is 330 g/mol. The van der Waals surface area contributed by atoms with Gasteiger partial charge in [0.15, 0.2) is 0 Å². The Labute approximate surface area is 148 Å². The first-order chi connectivity index (χ1) is 11.1. The van der Waals surface area contributed by atoms with Crippen LogP contribution in [0.4, 0.5) is 0 Å². The van der Waals surface area contributed by atoms with Crippen LogP contribution in [0.5, 0.6) is 5.75 Å². The van der Waals surface area contributed by atoms with E-state index >= 15 is 0 Å². The van der Waals surface area contributed by atoms with Gasteiger partial charge in [0.2, 0.25) is 0 Å². The van der Waals surface area contributed by atoms with Crippen molar-refractivity contribution in [1.82, 2.24) is 0 Å². The van der Waals surface area contributed by atoms with E-state index in [4.69, 9.17) is 30.4 Å². The van der Waals surface area contributed by atoms with E-state index in [9.17, 15) is 4.79 Å². The quantitative estimate of drug-likeness (QED) is 0.597. The lowest BCUT2D eigenvalue weighted by Gasteiger charge is -2.32. The van der Waals surface area contributed by atoms with Crippen LogP contribution in [0.25, 0.3) is 0 Å². The van der Waals surface area contributed by atoms with Crippen molar-refractivity contribution in [3.05, 3.63) is 28.8 Å². The van der Waals surface area contributed by atoms with Crippen LogP contribution in [0.15, 0.2) is 18.2 Å². The number of rotatable bonds is 5. The Hall–Kier alpha value is -1.24. The first-order valence-electron chi connectivity index (χ1n) is 7.88. The van der Waals surface area contributed by atoms with Gasteiger partial charge < -0.3 is 18.8 Å². The third kappa shape index (κ3) is 3.56. The van der Waals surface area contributed by atoms with Crippen molar-refractivity contribution < 1.29 is 23.6 Å². The van der Waals surface area contributed by atoms with Crippen molar-refractivity contribution in [3.63, 3.8) is 0 Å². The largest absolute Gasteiger partial charge is 0.495 e. The smallest absolute Gasteiger partial charge is 0.466 e. The molecule has 1 aromatic rings. The number of methoxy groups -OCH3 is 2. The average molecular weight is 355 g/mol. The van der Waals surface area contributed by atoms with Gasteiger partial charge in [-0.1, -0.05) is 23.7 Å². The maximum absolute atomic E-state index is 11.9. The monoisotopic (exact) mass is 354 g/mol. The third-order valence-corrected chi connectivity index (χ3v) is 5.23. The zero-order chi connectivity index (χ0) is 18.1. The molecule has 132 valence electrons. The molecule has 2 rings (SSSR count). The van der Waals surface area contributed by atoms with Crippen LogP contribution in [-0.4, -0.2) is 38.5 Å². The van der Waals surface area contributed by atoms with Gasteiger partial charge in [-0.15, -0.1) is 0 Å². The lowest BCUT2D eigenvalue weighted by molar-refractivity contribution is -0.140. The molecule has 0 aliphatic carbocycles. The van der Waals surface area contributed by atoms with Crippen molar-refractivity contribution in [2.45, 2.75) is 51.1 Å². The molecule has 5 nitrogen and oxygen atoms in total. The Balaban J connectivity index is 2.42. The summed E-state index contributed by atoms with van der Waals surface area (Å²) in [6.07, 6.45) is 0.0974. The van der Waals surface area contributed by atoms with Gasteiger partial charge in [0.05, 0.1) is 36.9 Å². The number of esters is 1. The van der Waals surface area contributed by atoms with Crippen molar-refractivity contribution in [2.24, 2.45) is 0 Å². The van der Waals surface area contributed by atoms with Crippen LogP contribution >= 0.6 is 11.6 Å². The molecular formula is C17H24BClO5. The number of hydrogen-bond acceptors (Lipinski definition) is 5. The van der Waals surface area contributed by atoms with Crippen LogP contribution < -0.4 is 4.74 Å². The average Bonchev–Trinajstić information content (AvgIpc) is 2.73. The zero-order valence-electron chi connectivity index (χ0n) is 15.0. The van der Waals surface area contributed by atoms with Crippen molar-refractivity contribution in [3.8, 4) is 5.75 Å². The third-order valence-electron chi connectivity index (χ3n) is 4.83. The van der Waals surface area contributed by atoms with Gasteiger partial charge in [-0.2, -0.15) is 0 Å². The summed E-state index contributed by atoms with van der Waals surface area (Å²) in [7, 11) is 2.30. The second-order valence-electron chi connectivity index (χ2n) is 6.87. The summed E-state index contributed by atoms with van der Waals surface area (Å²) >= 11 is 6.46. The Kier molecular flexibility index (Phi) is 5.52. The number of benzene rings is 1. The molecule has 0 spiro atoms. The second-order valence-corrected chi connectivity index (χ2v) is 7.25. The van der Waals surface area contributed by atoms with Gasteiger partial charge in [0, 0.05) is 5.82 Å². The fourth-order valence-corrected chi connectivity index (χ4v) is 2.98. The summed E-state index contributed by atoms with van der Waals surface area (Å²) < 4.78 is 22.4. The molecule has 0 aromatic heterocycles. The van der Waals surface area contributed by atoms with E-state index in [1.54, 1.807) is 13.2 Å². The van der Waals surface area contributed by atoms with Crippen molar-refractivity contribution in [2.75, 3.05) is 14.2 Å². The standard InChI is InChI=1S/C17H24BClO5/c1-16(2)17(3,4)24-18(23-16)12(10-14(20)22-6)11-8-7-9-13(21-5)15(11)19/h7-9,12H,10H2,1-6H3. The van der Waals surface area contributed by atoms with Crippen LogP contribution in [0.2, 0.25) is 5.02 Å². The molecule has 0 N–H and O–H groups in total. The van der Waals surface area contributed by atoms with Gasteiger partial charge >= 0.3 is 13.1 Å². The number of hydrogen-bond donors (Lipinski definition) is 0. The molecule has 1 unspecified atom stereocenters. The van der Waals surface area contributed by atoms with E-state index in [2.05, 4.69) is 0 Å². The van der Waals surface area contributed by atoms with Crippen molar-refractivity contribution >= 4 is 24.7 Å². The van der Waals surface area contributed by atoms with Gasteiger partial charge in [0.25, 0.3) is 0 Å². The Morgan fingerprint density at radius 1 is 1.21 bits per heavy atom. The summed E-state index contributed by atoms with van der Waals surface area (Å²) in [4.78, 5) is 11.9. The molecule has 1 heterocycles. The minimum Gasteiger partial charge on any atom is -0.495 e. The number of ether oxygens (including phenoxy) is 2. The Morgan fingerprint density at radius 2 is 1.79 bits per heavy atom. The molecule has 0 saturated carbocycles. The van der Waals surface area contributed by atoms with Crippen LogP contribution in [0.1, 0.15) is 45.5 Å². The van der Waals surface area contributed by atoms with Crippen LogP contribution in [0.3, 0.4) is 0 Å². The highest BCUT2D eigenvalue weighted by Crippen LogP contribution is 2.44. The van der Waals surface area contributed by atoms with E-state index in [0.29, 0.717) is 10.8 Å². The molecule has 0 bridgehead atoms. The Morgan fingerprint density at radius 3 is 2.29 bits per heavy atom. The van der Waals surface area contributed by atoms with Crippen molar-refractivity contribution in [1.29, 1.82) is 0 Å². The SMILES string of the molecule is COC(=O)CC(B1OC(C)(C)C(C)(C)O1)c1cccc(OC)c1Cl. The lowest BCUT2D eigenvalue weighted by Crippen LogP contribution is -2.41. The maximum atomic E-state index is 11.9. The summed E-state index contributed by atoms with van der Waals surface area (Å²) in [5.41, 5.74) is -0.269. The second kappa shape index (κ2) is 6.94. The zero-order valence-corrected chi connectivity index (χ0v) is 15.8. The lowest BCUT2D eigenvalue weighted by atomic mass is 9.66. The van der Waals surface area contributed by atoms with Crippen LogP contribution in [0, 0.1) is 0 Å². The highest BCUT2D eigenvalue weighted by molar-refractivity contribution is 6.48. The molecule has 1 aliphatic heterocycles. The Bertz CT molecular complexity index is 601. The van der Waals surface area contributed by atoms with Gasteiger partial charge in [0.1, 0.15) is 5.75 Å². The molecule has 24 heavy (non-hydrogen) atoms. The minimum absolute atomic E-state index is 0.0974. The first kappa shape index (κ1) is 19.1. The molecule has 0 amide bonds. The van der Waals surface area contributed by atoms with E-state index in [-0.39, 0.29) is 12.4 Å². The molecule has 1 atom stereocenters. The fourth-order valence-electron chi connectivity index (χ4n) is 2.64. The van der Waals surface area contributed by atoms with E-state index in [0.717, 1.165) is 5.56 Å². The predicted molar refractivity (Wildman–Crippen MR) is 93.5 cm³/mol. The summed E-state index contributed by atoms with van der Waals surface area (Å²) in [5, 5.41) is 0.448. The fraction of sp³-hybridized carbons (Fsp3) is 0.588. The van der Waals surface area contributed by atoms with Gasteiger partial charge in [-0.05, 0) is 39.3 Å². The van der Waals surface area contributed by atoms with E-state index in [1.807, 2.05) is 39.8 Å². The maximum Gasteiger partial charge on any atom is 0.466 e. The van der Waals surface area contributed by atoms with Gasteiger partial charge in [-0.25, -0.2) is 0 Å². The molecule has 1 aliphatic rings. The molecule has 1 saturated heterocycles. The van der Waals surface area contributed by atoms with Gasteiger partial charge in [-0.3, -0.25) is 4.79 Å². The normalized spacial score (nSPS) is 19.9. The number of carbonyl (C=O) groups excluding carboxylic acids is 1.